The van der Waals surface area contributed by atoms with Crippen LogP contribution in [-0.2, 0) is 16.1 Å². The summed E-state index contributed by atoms with van der Waals surface area (Å²) >= 11 is 0. The molecule has 2 amide bonds. The Bertz CT molecular complexity index is 841. The van der Waals surface area contributed by atoms with Crippen molar-refractivity contribution >= 4 is 17.5 Å². The number of para-hydroxylation sites is 1. The number of nitrogens with zero attached hydrogens (tertiary/aromatic N) is 1. The third-order valence-corrected chi connectivity index (χ3v) is 5.13. The van der Waals surface area contributed by atoms with Crippen LogP contribution in [0, 0.1) is 27.7 Å². The number of carbonyl (C=O) groups is 2. The Balaban J connectivity index is 1.88. The zero-order chi connectivity index (χ0) is 20.8. The van der Waals surface area contributed by atoms with Gasteiger partial charge in [-0.05, 0) is 63.9 Å². The monoisotopic (exact) mass is 381 g/mol. The molecule has 0 saturated carbocycles. The van der Waals surface area contributed by atoms with Crippen molar-refractivity contribution in [1.82, 2.24) is 10.2 Å². The highest BCUT2D eigenvalue weighted by Gasteiger charge is 2.19. The molecule has 0 heterocycles. The van der Waals surface area contributed by atoms with Crippen LogP contribution in [0.2, 0.25) is 0 Å². The van der Waals surface area contributed by atoms with Crippen LogP contribution < -0.4 is 10.6 Å². The van der Waals surface area contributed by atoms with Crippen molar-refractivity contribution in [2.45, 2.75) is 47.2 Å². The van der Waals surface area contributed by atoms with Crippen molar-refractivity contribution in [1.29, 1.82) is 0 Å². The number of amides is 2. The molecule has 0 aliphatic carbocycles. The molecule has 2 N–H and O–H groups in total. The van der Waals surface area contributed by atoms with Gasteiger partial charge in [-0.2, -0.15) is 0 Å². The molecule has 0 aliphatic heterocycles. The lowest BCUT2D eigenvalue weighted by atomic mass is 10.0. The fourth-order valence-electron chi connectivity index (χ4n) is 3.14. The molecule has 0 radical (unpaired) electrons. The molecule has 0 saturated heterocycles. The summed E-state index contributed by atoms with van der Waals surface area (Å²) in [5.74, 6) is -0.390. The van der Waals surface area contributed by atoms with Gasteiger partial charge in [-0.15, -0.1) is 0 Å². The summed E-state index contributed by atoms with van der Waals surface area (Å²) in [7, 11) is 1.92. The van der Waals surface area contributed by atoms with Gasteiger partial charge in [0, 0.05) is 12.2 Å². The standard InChI is InChI=1S/C23H31N3O2/c1-15-10-11-20(18(4)12-15)14-26(6)19(5)23(28)24-13-21(27)25-22-16(2)8-7-9-17(22)3/h7-12,19H,13-14H2,1-6H3,(H,24,28)(H,25,27). The molecule has 2 aromatic rings. The quantitative estimate of drug-likeness (QED) is 0.772. The second-order valence-corrected chi connectivity index (χ2v) is 7.55. The molecule has 5 heteroatoms. The van der Waals surface area contributed by atoms with E-state index in [0.717, 1.165) is 16.8 Å². The number of benzene rings is 2. The molecule has 2 rings (SSSR count). The Morgan fingerprint density at radius 3 is 2.25 bits per heavy atom. The smallest absolute Gasteiger partial charge is 0.243 e. The third kappa shape index (κ3) is 5.67. The third-order valence-electron chi connectivity index (χ3n) is 5.13. The first kappa shape index (κ1) is 21.6. The van der Waals surface area contributed by atoms with Crippen LogP contribution in [0.5, 0.6) is 0 Å². The van der Waals surface area contributed by atoms with Crippen LogP contribution in [0.15, 0.2) is 36.4 Å². The first-order chi connectivity index (χ1) is 13.2. The van der Waals surface area contributed by atoms with E-state index in [1.807, 2.05) is 50.9 Å². The van der Waals surface area contributed by atoms with Crippen LogP contribution >= 0.6 is 0 Å². The molecule has 0 fully saturated rings. The van der Waals surface area contributed by atoms with Crippen molar-refractivity contribution in [2.75, 3.05) is 18.9 Å². The van der Waals surface area contributed by atoms with Crippen LogP contribution in [0.4, 0.5) is 5.69 Å². The maximum atomic E-state index is 12.5. The number of hydrogen-bond donors (Lipinski definition) is 2. The topological polar surface area (TPSA) is 61.4 Å². The Hall–Kier alpha value is -2.66. The predicted octanol–water partition coefficient (Wildman–Crippen LogP) is 3.50. The molecule has 150 valence electrons. The van der Waals surface area contributed by atoms with E-state index < -0.39 is 0 Å². The zero-order valence-electron chi connectivity index (χ0n) is 17.7. The summed E-state index contributed by atoms with van der Waals surface area (Å²) < 4.78 is 0. The van der Waals surface area contributed by atoms with Gasteiger partial charge in [0.25, 0.3) is 0 Å². The number of hydrogen-bond acceptors (Lipinski definition) is 3. The average Bonchev–Trinajstić information content (AvgIpc) is 2.64. The molecule has 0 bridgehead atoms. The van der Waals surface area contributed by atoms with Crippen molar-refractivity contribution < 1.29 is 9.59 Å². The highest BCUT2D eigenvalue weighted by molar-refractivity contribution is 5.96. The van der Waals surface area contributed by atoms with Crippen molar-refractivity contribution in [3.8, 4) is 0 Å². The van der Waals surface area contributed by atoms with Gasteiger partial charge in [0.2, 0.25) is 11.8 Å². The second-order valence-electron chi connectivity index (χ2n) is 7.55. The normalized spacial score (nSPS) is 12.0. The predicted molar refractivity (Wildman–Crippen MR) is 114 cm³/mol. The molecular formula is C23H31N3O2. The van der Waals surface area contributed by atoms with Gasteiger partial charge in [-0.3, -0.25) is 14.5 Å². The summed E-state index contributed by atoms with van der Waals surface area (Å²) in [5.41, 5.74) is 6.45. The molecular weight excluding hydrogens is 350 g/mol. The fourth-order valence-corrected chi connectivity index (χ4v) is 3.14. The minimum Gasteiger partial charge on any atom is -0.346 e. The number of likely N-dealkylation sites (N-methyl/N-ethyl adjacent to an activating group) is 1. The van der Waals surface area contributed by atoms with Crippen LogP contribution in [0.3, 0.4) is 0 Å². The van der Waals surface area contributed by atoms with Crippen molar-refractivity contribution in [2.24, 2.45) is 0 Å². The van der Waals surface area contributed by atoms with Gasteiger partial charge in [0.1, 0.15) is 0 Å². The molecule has 5 nitrogen and oxygen atoms in total. The van der Waals surface area contributed by atoms with Gasteiger partial charge in [-0.25, -0.2) is 0 Å². The lowest BCUT2D eigenvalue weighted by molar-refractivity contribution is -0.127. The Morgan fingerprint density at radius 2 is 1.64 bits per heavy atom. The highest BCUT2D eigenvalue weighted by Crippen LogP contribution is 2.19. The fraction of sp³-hybridized carbons (Fsp3) is 0.391. The maximum absolute atomic E-state index is 12.5. The van der Waals surface area contributed by atoms with E-state index in [4.69, 9.17) is 0 Å². The molecule has 1 atom stereocenters. The van der Waals surface area contributed by atoms with Gasteiger partial charge in [0.05, 0.1) is 12.6 Å². The van der Waals surface area contributed by atoms with Gasteiger partial charge < -0.3 is 10.6 Å². The average molecular weight is 382 g/mol. The van der Waals surface area contributed by atoms with E-state index >= 15 is 0 Å². The van der Waals surface area contributed by atoms with Crippen LogP contribution in [0.25, 0.3) is 0 Å². The number of anilines is 1. The van der Waals surface area contributed by atoms with E-state index in [1.165, 1.54) is 16.7 Å². The van der Waals surface area contributed by atoms with E-state index in [0.29, 0.717) is 6.54 Å². The maximum Gasteiger partial charge on any atom is 0.243 e. The number of nitrogens with one attached hydrogen (secondary N) is 2. The Labute approximate surface area is 168 Å². The number of rotatable bonds is 7. The van der Waals surface area contributed by atoms with E-state index in [9.17, 15) is 9.59 Å². The van der Waals surface area contributed by atoms with E-state index in [2.05, 4.69) is 42.7 Å². The van der Waals surface area contributed by atoms with E-state index in [1.54, 1.807) is 0 Å². The molecule has 0 spiro atoms. The zero-order valence-corrected chi connectivity index (χ0v) is 17.7. The molecule has 1 unspecified atom stereocenters. The molecule has 2 aromatic carbocycles. The Kier molecular flexibility index (Phi) is 7.35. The lowest BCUT2D eigenvalue weighted by Crippen LogP contribution is -2.45. The first-order valence-electron chi connectivity index (χ1n) is 9.59. The van der Waals surface area contributed by atoms with Crippen molar-refractivity contribution in [3.63, 3.8) is 0 Å². The number of aryl methyl sites for hydroxylation is 4. The van der Waals surface area contributed by atoms with E-state index in [-0.39, 0.29) is 24.4 Å². The Morgan fingerprint density at radius 1 is 1.00 bits per heavy atom. The summed E-state index contributed by atoms with van der Waals surface area (Å²) in [5, 5.41) is 5.63. The van der Waals surface area contributed by atoms with Gasteiger partial charge in [0.15, 0.2) is 0 Å². The largest absolute Gasteiger partial charge is 0.346 e. The lowest BCUT2D eigenvalue weighted by Gasteiger charge is -2.24. The van der Waals surface area contributed by atoms with Crippen molar-refractivity contribution in [3.05, 3.63) is 64.2 Å². The molecule has 28 heavy (non-hydrogen) atoms. The minimum absolute atomic E-state index is 0.0473. The SMILES string of the molecule is Cc1ccc(CN(C)C(C)C(=O)NCC(=O)Nc2c(C)cccc2C)c(C)c1. The van der Waals surface area contributed by atoms with Crippen LogP contribution in [0.1, 0.15) is 34.7 Å². The summed E-state index contributed by atoms with van der Waals surface area (Å²) in [6.07, 6.45) is 0. The summed E-state index contributed by atoms with van der Waals surface area (Å²) in [6.45, 7) is 10.5. The molecule has 0 aromatic heterocycles. The second kappa shape index (κ2) is 9.51. The minimum atomic E-state index is -0.339. The van der Waals surface area contributed by atoms with Gasteiger partial charge >= 0.3 is 0 Å². The highest BCUT2D eigenvalue weighted by atomic mass is 16.2. The number of carbonyl (C=O) groups excluding carboxylic acids is 2. The van der Waals surface area contributed by atoms with Crippen LogP contribution in [-0.4, -0.2) is 36.3 Å². The summed E-state index contributed by atoms with van der Waals surface area (Å²) in [6, 6.07) is 11.8. The first-order valence-corrected chi connectivity index (χ1v) is 9.59. The van der Waals surface area contributed by atoms with Gasteiger partial charge in [-0.1, -0.05) is 42.0 Å². The summed E-state index contributed by atoms with van der Waals surface area (Å²) in [4.78, 5) is 26.7. The molecule has 0 aliphatic rings.